The van der Waals surface area contributed by atoms with Crippen LogP contribution >= 0.6 is 0 Å². The Hall–Kier alpha value is -2.95. The molecular formula is C17H17N5. The number of hydrogen-bond acceptors (Lipinski definition) is 5. The Morgan fingerprint density at radius 2 is 1.55 bits per heavy atom. The molecule has 0 fully saturated rings. The Balaban J connectivity index is 1.67. The highest BCUT2D eigenvalue weighted by molar-refractivity contribution is 5.62. The first-order chi connectivity index (χ1) is 10.8. The first-order valence-electron chi connectivity index (χ1n) is 7.09. The Bertz CT molecular complexity index is 708. The maximum absolute atomic E-state index is 4.35. The summed E-state index contributed by atoms with van der Waals surface area (Å²) in [6, 6.07) is 14.1. The van der Waals surface area contributed by atoms with Gasteiger partial charge in [-0.2, -0.15) is 0 Å². The second-order valence-electron chi connectivity index (χ2n) is 4.82. The van der Waals surface area contributed by atoms with Crippen LogP contribution in [0.5, 0.6) is 0 Å². The van der Waals surface area contributed by atoms with Gasteiger partial charge in [-0.1, -0.05) is 30.3 Å². The first kappa shape index (κ1) is 14.0. The average molecular weight is 291 g/mol. The van der Waals surface area contributed by atoms with Crippen LogP contribution in [0.4, 0.5) is 11.8 Å². The Labute approximate surface area is 129 Å². The van der Waals surface area contributed by atoms with E-state index in [9.17, 15) is 0 Å². The van der Waals surface area contributed by atoms with E-state index in [1.54, 1.807) is 12.4 Å². The number of nitrogens with zero attached hydrogens (tertiary/aromatic N) is 3. The molecule has 0 atom stereocenters. The summed E-state index contributed by atoms with van der Waals surface area (Å²) in [5.41, 5.74) is 3.14. The van der Waals surface area contributed by atoms with Gasteiger partial charge in [0, 0.05) is 43.3 Å². The van der Waals surface area contributed by atoms with Crippen molar-refractivity contribution in [1.29, 1.82) is 0 Å². The topological polar surface area (TPSA) is 62.7 Å². The zero-order valence-electron chi connectivity index (χ0n) is 12.3. The molecule has 1 aromatic carbocycles. The van der Waals surface area contributed by atoms with E-state index in [1.165, 1.54) is 5.56 Å². The van der Waals surface area contributed by atoms with E-state index in [4.69, 9.17) is 0 Å². The van der Waals surface area contributed by atoms with Crippen LogP contribution in [-0.2, 0) is 6.54 Å². The van der Waals surface area contributed by atoms with Gasteiger partial charge in [-0.3, -0.25) is 0 Å². The van der Waals surface area contributed by atoms with E-state index < -0.39 is 0 Å². The van der Waals surface area contributed by atoms with E-state index in [0.717, 1.165) is 16.9 Å². The molecule has 2 N–H and O–H groups in total. The third kappa shape index (κ3) is 3.38. The zero-order valence-corrected chi connectivity index (χ0v) is 12.3. The van der Waals surface area contributed by atoms with Crippen molar-refractivity contribution in [1.82, 2.24) is 15.0 Å². The van der Waals surface area contributed by atoms with Gasteiger partial charge in [-0.05, 0) is 17.7 Å². The van der Waals surface area contributed by atoms with Crippen molar-refractivity contribution < 1.29 is 0 Å². The van der Waals surface area contributed by atoms with Crippen molar-refractivity contribution >= 4 is 11.8 Å². The molecule has 0 radical (unpaired) electrons. The third-order valence-corrected chi connectivity index (χ3v) is 3.30. The summed E-state index contributed by atoms with van der Waals surface area (Å²) in [6.45, 7) is 0.707. The molecule has 0 spiro atoms. The third-order valence-electron chi connectivity index (χ3n) is 3.30. The van der Waals surface area contributed by atoms with Crippen LogP contribution in [0.3, 0.4) is 0 Å². The number of aromatic nitrogens is 3. The molecule has 2 aromatic heterocycles. The molecule has 3 aromatic rings. The molecule has 0 aliphatic rings. The van der Waals surface area contributed by atoms with Crippen LogP contribution in [0, 0.1) is 0 Å². The second kappa shape index (κ2) is 6.67. The molecule has 0 saturated carbocycles. The maximum Gasteiger partial charge on any atom is 0.222 e. The van der Waals surface area contributed by atoms with Gasteiger partial charge in [0.15, 0.2) is 0 Å². The van der Waals surface area contributed by atoms with Crippen LogP contribution in [0.2, 0.25) is 0 Å². The van der Waals surface area contributed by atoms with Crippen LogP contribution < -0.4 is 10.6 Å². The maximum atomic E-state index is 4.35. The Kier molecular flexibility index (Phi) is 4.25. The highest BCUT2D eigenvalue weighted by Crippen LogP contribution is 2.18. The predicted octanol–water partition coefficient (Wildman–Crippen LogP) is 3.19. The standard InChI is InChI=1S/C17H17N5/c1-18-16-8-7-14(10-19-16)15-11-21-17(22-12-15)20-9-13-5-3-2-4-6-13/h2-8,10-12H,9H2,1H3,(H,18,19)(H,20,21,22). The van der Waals surface area contributed by atoms with Crippen molar-refractivity contribution in [2.45, 2.75) is 6.54 Å². The average Bonchev–Trinajstić information content (AvgIpc) is 2.61. The first-order valence-corrected chi connectivity index (χ1v) is 7.09. The van der Waals surface area contributed by atoms with Crippen LogP contribution in [0.1, 0.15) is 5.56 Å². The molecule has 2 heterocycles. The van der Waals surface area contributed by atoms with Gasteiger partial charge in [0.1, 0.15) is 5.82 Å². The molecule has 0 aliphatic heterocycles. The van der Waals surface area contributed by atoms with Gasteiger partial charge in [0.25, 0.3) is 0 Å². The summed E-state index contributed by atoms with van der Waals surface area (Å²) in [4.78, 5) is 13.0. The fourth-order valence-corrected chi connectivity index (χ4v) is 2.06. The lowest BCUT2D eigenvalue weighted by atomic mass is 10.1. The second-order valence-corrected chi connectivity index (χ2v) is 4.82. The number of benzene rings is 1. The monoisotopic (exact) mass is 291 g/mol. The molecule has 0 bridgehead atoms. The molecule has 3 rings (SSSR count). The molecular weight excluding hydrogens is 274 g/mol. The van der Waals surface area contributed by atoms with E-state index in [1.807, 2.05) is 43.6 Å². The fraction of sp³-hybridized carbons (Fsp3) is 0.118. The summed E-state index contributed by atoms with van der Waals surface area (Å²) in [5, 5.41) is 6.20. The molecule has 5 heteroatoms. The fourth-order valence-electron chi connectivity index (χ4n) is 2.06. The van der Waals surface area contributed by atoms with Gasteiger partial charge in [-0.15, -0.1) is 0 Å². The van der Waals surface area contributed by atoms with Gasteiger partial charge in [0.05, 0.1) is 0 Å². The quantitative estimate of drug-likeness (QED) is 0.756. The van der Waals surface area contributed by atoms with E-state index in [-0.39, 0.29) is 0 Å². The SMILES string of the molecule is CNc1ccc(-c2cnc(NCc3ccccc3)nc2)cn1. The predicted molar refractivity (Wildman–Crippen MR) is 88.6 cm³/mol. The summed E-state index contributed by atoms with van der Waals surface area (Å²) in [7, 11) is 1.85. The molecule has 0 unspecified atom stereocenters. The lowest BCUT2D eigenvalue weighted by Crippen LogP contribution is -2.03. The van der Waals surface area contributed by atoms with Crippen LogP contribution in [-0.4, -0.2) is 22.0 Å². The highest BCUT2D eigenvalue weighted by Gasteiger charge is 2.01. The minimum absolute atomic E-state index is 0.618. The molecule has 5 nitrogen and oxygen atoms in total. The van der Waals surface area contributed by atoms with Gasteiger partial charge in [-0.25, -0.2) is 15.0 Å². The number of anilines is 2. The normalized spacial score (nSPS) is 10.2. The number of nitrogens with one attached hydrogen (secondary N) is 2. The summed E-state index contributed by atoms with van der Waals surface area (Å²) >= 11 is 0. The van der Waals surface area contributed by atoms with Crippen molar-refractivity contribution in [3.63, 3.8) is 0 Å². The van der Waals surface area contributed by atoms with E-state index in [0.29, 0.717) is 12.5 Å². The van der Waals surface area contributed by atoms with E-state index >= 15 is 0 Å². The van der Waals surface area contributed by atoms with Crippen LogP contribution in [0.25, 0.3) is 11.1 Å². The number of rotatable bonds is 5. The van der Waals surface area contributed by atoms with Crippen molar-refractivity contribution in [3.8, 4) is 11.1 Å². The number of hydrogen-bond donors (Lipinski definition) is 2. The van der Waals surface area contributed by atoms with Crippen molar-refractivity contribution in [2.24, 2.45) is 0 Å². The minimum Gasteiger partial charge on any atom is -0.373 e. The summed E-state index contributed by atoms with van der Waals surface area (Å²) < 4.78 is 0. The van der Waals surface area contributed by atoms with E-state index in [2.05, 4.69) is 37.7 Å². The molecule has 110 valence electrons. The molecule has 0 aliphatic carbocycles. The largest absolute Gasteiger partial charge is 0.373 e. The lowest BCUT2D eigenvalue weighted by molar-refractivity contribution is 1.05. The Morgan fingerprint density at radius 3 is 2.18 bits per heavy atom. The minimum atomic E-state index is 0.618. The zero-order chi connectivity index (χ0) is 15.2. The molecule has 0 saturated heterocycles. The smallest absolute Gasteiger partial charge is 0.222 e. The molecule has 0 amide bonds. The van der Waals surface area contributed by atoms with Crippen LogP contribution in [0.15, 0.2) is 61.1 Å². The van der Waals surface area contributed by atoms with Gasteiger partial charge >= 0.3 is 0 Å². The van der Waals surface area contributed by atoms with Crippen molar-refractivity contribution in [2.75, 3.05) is 17.7 Å². The number of pyridine rings is 1. The Morgan fingerprint density at radius 1 is 0.818 bits per heavy atom. The summed E-state index contributed by atoms with van der Waals surface area (Å²) in [5.74, 6) is 1.46. The highest BCUT2D eigenvalue weighted by atomic mass is 15.1. The molecule has 22 heavy (non-hydrogen) atoms. The van der Waals surface area contributed by atoms with Gasteiger partial charge < -0.3 is 10.6 Å². The summed E-state index contributed by atoms with van der Waals surface area (Å²) in [6.07, 6.45) is 5.41. The van der Waals surface area contributed by atoms with Crippen molar-refractivity contribution in [3.05, 3.63) is 66.6 Å². The lowest BCUT2D eigenvalue weighted by Gasteiger charge is -2.06. The van der Waals surface area contributed by atoms with Gasteiger partial charge in [0.2, 0.25) is 5.95 Å².